The molecule has 1 aromatic carbocycles. The second-order valence-corrected chi connectivity index (χ2v) is 4.55. The van der Waals surface area contributed by atoms with Crippen molar-refractivity contribution in [2.24, 2.45) is 0 Å². The van der Waals surface area contributed by atoms with Crippen molar-refractivity contribution >= 4 is 5.97 Å². The number of carbonyl (C=O) groups excluding carboxylic acids is 1. The Hall–Kier alpha value is -1.71. The number of aryl methyl sites for hydroxylation is 1. The largest absolute Gasteiger partial charge is 0.493 e. The quantitative estimate of drug-likeness (QED) is 0.651. The number of rotatable bonds is 9. The molecule has 0 atom stereocenters. The van der Waals surface area contributed by atoms with Crippen LogP contribution in [0.2, 0.25) is 0 Å². The van der Waals surface area contributed by atoms with Crippen LogP contribution in [0.1, 0.15) is 38.7 Å². The van der Waals surface area contributed by atoms with E-state index in [2.05, 4.69) is 6.92 Å². The number of hydrogen-bond acceptors (Lipinski definition) is 4. The van der Waals surface area contributed by atoms with E-state index in [1.807, 2.05) is 25.1 Å². The normalized spacial score (nSPS) is 10.2. The highest BCUT2D eigenvalue weighted by atomic mass is 16.5. The Morgan fingerprint density at radius 1 is 1.10 bits per heavy atom. The number of methoxy groups -OCH3 is 1. The summed E-state index contributed by atoms with van der Waals surface area (Å²) in [6, 6.07) is 5.76. The van der Waals surface area contributed by atoms with Crippen LogP contribution in [0.3, 0.4) is 0 Å². The van der Waals surface area contributed by atoms with Crippen molar-refractivity contribution in [2.45, 2.75) is 39.5 Å². The number of esters is 1. The van der Waals surface area contributed by atoms with Gasteiger partial charge in [0.1, 0.15) is 0 Å². The zero-order valence-electron chi connectivity index (χ0n) is 12.6. The second-order valence-electron chi connectivity index (χ2n) is 4.55. The molecule has 0 radical (unpaired) electrons. The summed E-state index contributed by atoms with van der Waals surface area (Å²) in [4.78, 5) is 11.5. The van der Waals surface area contributed by atoms with Gasteiger partial charge in [-0.25, -0.2) is 0 Å². The van der Waals surface area contributed by atoms with E-state index in [0.717, 1.165) is 24.2 Å². The Morgan fingerprint density at radius 2 is 1.85 bits per heavy atom. The number of carbonyl (C=O) groups is 1. The first kappa shape index (κ1) is 16.3. The summed E-state index contributed by atoms with van der Waals surface area (Å²) in [5, 5.41) is 0. The maximum absolute atomic E-state index is 11.5. The lowest BCUT2D eigenvalue weighted by atomic mass is 10.1. The highest BCUT2D eigenvalue weighted by molar-refractivity contribution is 5.69. The fraction of sp³-hybridized carbons (Fsp3) is 0.562. The molecule has 1 aromatic rings. The van der Waals surface area contributed by atoms with Crippen molar-refractivity contribution in [3.63, 3.8) is 0 Å². The van der Waals surface area contributed by atoms with Crippen molar-refractivity contribution in [3.05, 3.63) is 23.8 Å². The van der Waals surface area contributed by atoms with Gasteiger partial charge in [0.05, 0.1) is 20.3 Å². The monoisotopic (exact) mass is 280 g/mol. The van der Waals surface area contributed by atoms with Gasteiger partial charge in [0, 0.05) is 6.42 Å². The van der Waals surface area contributed by atoms with Crippen LogP contribution in [0, 0.1) is 0 Å². The molecule has 0 N–H and O–H groups in total. The zero-order chi connectivity index (χ0) is 14.8. The van der Waals surface area contributed by atoms with Crippen LogP contribution in [0.4, 0.5) is 0 Å². The van der Waals surface area contributed by atoms with Crippen LogP contribution >= 0.6 is 0 Å². The number of ether oxygens (including phenoxy) is 3. The average Bonchev–Trinajstić information content (AvgIpc) is 2.49. The SMILES string of the molecule is CCCOC(=O)CCc1ccc(OCCC)c(OC)c1. The molecule has 20 heavy (non-hydrogen) atoms. The van der Waals surface area contributed by atoms with E-state index >= 15 is 0 Å². The molecule has 0 saturated heterocycles. The van der Waals surface area contributed by atoms with Crippen LogP contribution in [0.15, 0.2) is 18.2 Å². The minimum absolute atomic E-state index is 0.155. The minimum Gasteiger partial charge on any atom is -0.493 e. The first-order chi connectivity index (χ1) is 9.71. The van der Waals surface area contributed by atoms with E-state index in [0.29, 0.717) is 31.8 Å². The lowest BCUT2D eigenvalue weighted by molar-refractivity contribution is -0.143. The summed E-state index contributed by atoms with van der Waals surface area (Å²) in [6.07, 6.45) is 2.84. The molecule has 0 spiro atoms. The van der Waals surface area contributed by atoms with E-state index in [1.54, 1.807) is 7.11 Å². The van der Waals surface area contributed by atoms with Crippen molar-refractivity contribution < 1.29 is 19.0 Å². The minimum atomic E-state index is -0.155. The van der Waals surface area contributed by atoms with Crippen molar-refractivity contribution in [3.8, 4) is 11.5 Å². The van der Waals surface area contributed by atoms with Crippen LogP contribution in [-0.2, 0) is 16.0 Å². The molecule has 0 fully saturated rings. The lowest BCUT2D eigenvalue weighted by Gasteiger charge is -2.11. The van der Waals surface area contributed by atoms with Crippen molar-refractivity contribution in [1.29, 1.82) is 0 Å². The number of benzene rings is 1. The third kappa shape index (κ3) is 5.51. The highest BCUT2D eigenvalue weighted by Crippen LogP contribution is 2.28. The molecule has 0 aliphatic carbocycles. The van der Waals surface area contributed by atoms with Gasteiger partial charge >= 0.3 is 5.97 Å². The molecular weight excluding hydrogens is 256 g/mol. The van der Waals surface area contributed by atoms with Gasteiger partial charge in [-0.3, -0.25) is 4.79 Å². The van der Waals surface area contributed by atoms with Gasteiger partial charge in [-0.2, -0.15) is 0 Å². The maximum Gasteiger partial charge on any atom is 0.306 e. The fourth-order valence-electron chi connectivity index (χ4n) is 1.73. The molecule has 0 aliphatic rings. The van der Waals surface area contributed by atoms with E-state index in [1.165, 1.54) is 0 Å². The third-order valence-corrected chi connectivity index (χ3v) is 2.77. The fourth-order valence-corrected chi connectivity index (χ4v) is 1.73. The molecule has 0 amide bonds. The standard InChI is InChI=1S/C16H24O4/c1-4-10-19-14-8-6-13(12-15(14)18-3)7-9-16(17)20-11-5-2/h6,8,12H,4-5,7,9-11H2,1-3H3. The molecule has 4 nitrogen and oxygen atoms in total. The summed E-state index contributed by atoms with van der Waals surface area (Å²) < 4.78 is 16.0. The molecule has 0 bridgehead atoms. The molecular formula is C16H24O4. The van der Waals surface area contributed by atoms with Crippen LogP contribution in [-0.4, -0.2) is 26.3 Å². The predicted molar refractivity (Wildman–Crippen MR) is 78.4 cm³/mol. The smallest absolute Gasteiger partial charge is 0.306 e. The maximum atomic E-state index is 11.5. The Morgan fingerprint density at radius 3 is 2.50 bits per heavy atom. The molecule has 0 aliphatic heterocycles. The Balaban J connectivity index is 2.56. The van der Waals surface area contributed by atoms with Gasteiger partial charge in [-0.05, 0) is 37.0 Å². The van der Waals surface area contributed by atoms with E-state index in [4.69, 9.17) is 14.2 Å². The zero-order valence-corrected chi connectivity index (χ0v) is 12.6. The highest BCUT2D eigenvalue weighted by Gasteiger charge is 2.08. The van der Waals surface area contributed by atoms with Gasteiger partial charge in [0.15, 0.2) is 11.5 Å². The van der Waals surface area contributed by atoms with Gasteiger partial charge < -0.3 is 14.2 Å². The molecule has 0 unspecified atom stereocenters. The van der Waals surface area contributed by atoms with Gasteiger partial charge in [0.25, 0.3) is 0 Å². The van der Waals surface area contributed by atoms with Gasteiger partial charge in [0.2, 0.25) is 0 Å². The summed E-state index contributed by atoms with van der Waals surface area (Å²) >= 11 is 0. The van der Waals surface area contributed by atoms with Crippen molar-refractivity contribution in [1.82, 2.24) is 0 Å². The summed E-state index contributed by atoms with van der Waals surface area (Å²) in [5.41, 5.74) is 1.04. The van der Waals surface area contributed by atoms with Crippen LogP contribution in [0.5, 0.6) is 11.5 Å². The van der Waals surface area contributed by atoms with Crippen LogP contribution < -0.4 is 9.47 Å². The molecule has 0 aromatic heterocycles. The second kappa shape index (κ2) is 9.23. The van der Waals surface area contributed by atoms with Crippen molar-refractivity contribution in [2.75, 3.05) is 20.3 Å². The topological polar surface area (TPSA) is 44.8 Å². The van der Waals surface area contributed by atoms with Gasteiger partial charge in [-0.15, -0.1) is 0 Å². The Bertz CT molecular complexity index is 415. The Kier molecular flexibility index (Phi) is 7.55. The first-order valence-electron chi connectivity index (χ1n) is 7.16. The summed E-state index contributed by atoms with van der Waals surface area (Å²) in [6.45, 7) is 5.20. The van der Waals surface area contributed by atoms with E-state index in [9.17, 15) is 4.79 Å². The molecule has 1 rings (SSSR count). The average molecular weight is 280 g/mol. The Labute approximate surface area is 121 Å². The predicted octanol–water partition coefficient (Wildman–Crippen LogP) is 3.37. The number of hydrogen-bond donors (Lipinski definition) is 0. The van der Waals surface area contributed by atoms with Crippen LogP contribution in [0.25, 0.3) is 0 Å². The lowest BCUT2D eigenvalue weighted by Crippen LogP contribution is -2.06. The molecule has 0 heterocycles. The summed E-state index contributed by atoms with van der Waals surface area (Å²) in [5.74, 6) is 1.29. The summed E-state index contributed by atoms with van der Waals surface area (Å²) in [7, 11) is 1.62. The third-order valence-electron chi connectivity index (χ3n) is 2.77. The van der Waals surface area contributed by atoms with E-state index < -0.39 is 0 Å². The first-order valence-corrected chi connectivity index (χ1v) is 7.16. The van der Waals surface area contributed by atoms with Gasteiger partial charge in [-0.1, -0.05) is 19.9 Å². The molecule has 0 saturated carbocycles. The molecule has 112 valence electrons. The molecule has 4 heteroatoms. The van der Waals surface area contributed by atoms with E-state index in [-0.39, 0.29) is 5.97 Å².